The third-order valence-corrected chi connectivity index (χ3v) is 3.47. The minimum Gasteiger partial charge on any atom is -0.480 e. The van der Waals surface area contributed by atoms with Gasteiger partial charge in [0.2, 0.25) is 5.91 Å². The summed E-state index contributed by atoms with van der Waals surface area (Å²) >= 11 is 0. The van der Waals surface area contributed by atoms with Crippen LogP contribution in [0.5, 0.6) is 5.75 Å². The third kappa shape index (κ3) is 2.63. The van der Waals surface area contributed by atoms with Crippen LogP contribution < -0.4 is 14.5 Å². The molecule has 0 aliphatic carbocycles. The number of fused-ring (bicyclic) bond motifs is 1. The highest BCUT2D eigenvalue weighted by atomic mass is 16.5. The van der Waals surface area contributed by atoms with Crippen molar-refractivity contribution < 1.29 is 14.3 Å². The Morgan fingerprint density at radius 1 is 1.27 bits per heavy atom. The topological polar surface area (TPSA) is 62.7 Å². The Bertz CT molecular complexity index is 703. The summed E-state index contributed by atoms with van der Waals surface area (Å²) in [6.07, 6.45) is 1.57. The predicted octanol–water partition coefficient (Wildman–Crippen LogP) is 1.47. The summed E-state index contributed by atoms with van der Waals surface area (Å²) in [5.41, 5.74) is 0.773. The maximum absolute atomic E-state index is 12.4. The number of carbonyl (C=O) groups excluding carboxylic acids is 2. The van der Waals surface area contributed by atoms with Crippen LogP contribution in [-0.4, -0.2) is 37.0 Å². The summed E-state index contributed by atoms with van der Waals surface area (Å²) in [4.78, 5) is 31.5. The van der Waals surface area contributed by atoms with Gasteiger partial charge in [0.25, 0.3) is 5.91 Å². The van der Waals surface area contributed by atoms with Gasteiger partial charge in [0.15, 0.2) is 18.2 Å². The molecule has 0 fully saturated rings. The standard InChI is InChI=1S/C16H15N3O3/c1-18(12-6-3-2-4-7-12)14(20)10-19-15(21)11-22-13-8-5-9-17-16(13)19/h2-9H,10-11H2,1H3. The normalized spacial score (nSPS) is 13.3. The molecule has 1 aliphatic rings. The van der Waals surface area contributed by atoms with E-state index in [0.29, 0.717) is 11.6 Å². The molecule has 22 heavy (non-hydrogen) atoms. The number of pyridine rings is 1. The lowest BCUT2D eigenvalue weighted by molar-refractivity contribution is -0.124. The van der Waals surface area contributed by atoms with E-state index >= 15 is 0 Å². The van der Waals surface area contributed by atoms with Crippen LogP contribution in [0.1, 0.15) is 0 Å². The largest absolute Gasteiger partial charge is 0.480 e. The van der Waals surface area contributed by atoms with Crippen LogP contribution in [-0.2, 0) is 9.59 Å². The van der Waals surface area contributed by atoms with Gasteiger partial charge in [-0.05, 0) is 24.3 Å². The van der Waals surface area contributed by atoms with Gasteiger partial charge in [-0.1, -0.05) is 18.2 Å². The number of rotatable bonds is 3. The number of para-hydroxylation sites is 1. The van der Waals surface area contributed by atoms with Crippen LogP contribution in [0.25, 0.3) is 0 Å². The van der Waals surface area contributed by atoms with Gasteiger partial charge in [0.05, 0.1) is 0 Å². The van der Waals surface area contributed by atoms with E-state index in [0.717, 1.165) is 5.69 Å². The number of hydrogen-bond donors (Lipinski definition) is 0. The van der Waals surface area contributed by atoms with Gasteiger partial charge in [-0.3, -0.25) is 14.5 Å². The van der Waals surface area contributed by atoms with E-state index in [9.17, 15) is 9.59 Å². The van der Waals surface area contributed by atoms with Crippen molar-refractivity contribution in [2.75, 3.05) is 30.0 Å². The number of ether oxygens (including phenoxy) is 1. The lowest BCUT2D eigenvalue weighted by Gasteiger charge is -2.29. The molecule has 1 aromatic carbocycles. The molecule has 0 spiro atoms. The van der Waals surface area contributed by atoms with Crippen molar-refractivity contribution >= 4 is 23.3 Å². The molecule has 2 heterocycles. The van der Waals surface area contributed by atoms with Crippen molar-refractivity contribution in [1.29, 1.82) is 0 Å². The molecule has 2 aromatic rings. The summed E-state index contributed by atoms with van der Waals surface area (Å²) in [5, 5.41) is 0. The van der Waals surface area contributed by atoms with Gasteiger partial charge >= 0.3 is 0 Å². The smallest absolute Gasteiger partial charge is 0.266 e. The molecule has 6 nitrogen and oxygen atoms in total. The first kappa shape index (κ1) is 14.1. The lowest BCUT2D eigenvalue weighted by atomic mass is 10.2. The number of likely N-dealkylation sites (N-methyl/N-ethyl adjacent to an activating group) is 1. The van der Waals surface area contributed by atoms with E-state index in [1.807, 2.05) is 30.3 Å². The van der Waals surface area contributed by atoms with Crippen LogP contribution in [0.15, 0.2) is 48.7 Å². The second-order valence-electron chi connectivity index (χ2n) is 4.88. The number of nitrogens with zero attached hydrogens (tertiary/aromatic N) is 3. The van der Waals surface area contributed by atoms with Crippen molar-refractivity contribution in [2.24, 2.45) is 0 Å². The molecule has 0 saturated heterocycles. The molecule has 0 saturated carbocycles. The van der Waals surface area contributed by atoms with Crippen LogP contribution in [0.4, 0.5) is 11.5 Å². The maximum Gasteiger partial charge on any atom is 0.266 e. The molecule has 0 atom stereocenters. The van der Waals surface area contributed by atoms with Gasteiger partial charge in [0.1, 0.15) is 6.54 Å². The molecule has 112 valence electrons. The Balaban J connectivity index is 1.81. The predicted molar refractivity (Wildman–Crippen MR) is 81.9 cm³/mol. The minimum atomic E-state index is -0.277. The van der Waals surface area contributed by atoms with Gasteiger partial charge in [-0.15, -0.1) is 0 Å². The van der Waals surface area contributed by atoms with E-state index in [-0.39, 0.29) is 25.0 Å². The van der Waals surface area contributed by atoms with Gasteiger partial charge < -0.3 is 9.64 Å². The zero-order valence-corrected chi connectivity index (χ0v) is 12.1. The first-order chi connectivity index (χ1) is 10.7. The average Bonchev–Trinajstić information content (AvgIpc) is 2.57. The zero-order valence-electron chi connectivity index (χ0n) is 12.1. The van der Waals surface area contributed by atoms with E-state index in [1.165, 1.54) is 9.80 Å². The molecule has 0 unspecified atom stereocenters. The molecule has 0 radical (unpaired) electrons. The molecule has 2 amide bonds. The number of carbonyl (C=O) groups is 2. The van der Waals surface area contributed by atoms with E-state index in [2.05, 4.69) is 4.98 Å². The highest BCUT2D eigenvalue weighted by Gasteiger charge is 2.29. The van der Waals surface area contributed by atoms with Crippen LogP contribution >= 0.6 is 0 Å². The highest BCUT2D eigenvalue weighted by molar-refractivity contribution is 6.04. The number of benzene rings is 1. The van der Waals surface area contributed by atoms with Crippen molar-refractivity contribution in [1.82, 2.24) is 4.98 Å². The Labute approximate surface area is 127 Å². The lowest BCUT2D eigenvalue weighted by Crippen LogP contribution is -2.46. The second-order valence-corrected chi connectivity index (χ2v) is 4.88. The maximum atomic E-state index is 12.4. The average molecular weight is 297 g/mol. The molecule has 0 N–H and O–H groups in total. The first-order valence-corrected chi connectivity index (χ1v) is 6.86. The van der Waals surface area contributed by atoms with Crippen molar-refractivity contribution in [3.05, 3.63) is 48.7 Å². The molecule has 0 bridgehead atoms. The summed E-state index contributed by atoms with van der Waals surface area (Å²) < 4.78 is 5.31. The Hall–Kier alpha value is -2.89. The fourth-order valence-corrected chi connectivity index (χ4v) is 2.23. The van der Waals surface area contributed by atoms with Crippen molar-refractivity contribution in [3.8, 4) is 5.75 Å². The molecule has 1 aromatic heterocycles. The summed E-state index contributed by atoms with van der Waals surface area (Å²) in [7, 11) is 1.68. The summed E-state index contributed by atoms with van der Waals surface area (Å²) in [5.74, 6) is 0.421. The molecule has 6 heteroatoms. The van der Waals surface area contributed by atoms with E-state index < -0.39 is 0 Å². The summed E-state index contributed by atoms with van der Waals surface area (Å²) in [6.45, 7) is -0.154. The molecule has 1 aliphatic heterocycles. The highest BCUT2D eigenvalue weighted by Crippen LogP contribution is 2.28. The molecular weight excluding hydrogens is 282 g/mol. The Morgan fingerprint density at radius 2 is 2.05 bits per heavy atom. The van der Waals surface area contributed by atoms with Gasteiger partial charge in [0, 0.05) is 18.9 Å². The summed E-state index contributed by atoms with van der Waals surface area (Å²) in [6, 6.07) is 12.7. The minimum absolute atomic E-state index is 0.0718. The van der Waals surface area contributed by atoms with Crippen molar-refractivity contribution in [3.63, 3.8) is 0 Å². The van der Waals surface area contributed by atoms with Crippen LogP contribution in [0.3, 0.4) is 0 Å². The third-order valence-electron chi connectivity index (χ3n) is 3.47. The molecular formula is C16H15N3O3. The number of hydrogen-bond acceptors (Lipinski definition) is 4. The Kier molecular flexibility index (Phi) is 3.74. The van der Waals surface area contributed by atoms with Gasteiger partial charge in [-0.25, -0.2) is 4.98 Å². The van der Waals surface area contributed by atoms with Crippen LogP contribution in [0.2, 0.25) is 0 Å². The van der Waals surface area contributed by atoms with E-state index in [4.69, 9.17) is 4.74 Å². The zero-order chi connectivity index (χ0) is 15.5. The van der Waals surface area contributed by atoms with Crippen molar-refractivity contribution in [2.45, 2.75) is 0 Å². The quantitative estimate of drug-likeness (QED) is 0.860. The Morgan fingerprint density at radius 3 is 2.82 bits per heavy atom. The number of anilines is 2. The SMILES string of the molecule is CN(C(=O)CN1C(=O)COc2cccnc21)c1ccccc1. The fraction of sp³-hybridized carbons (Fsp3) is 0.188. The second kappa shape index (κ2) is 5.85. The first-order valence-electron chi connectivity index (χ1n) is 6.86. The monoisotopic (exact) mass is 297 g/mol. The number of amides is 2. The van der Waals surface area contributed by atoms with Gasteiger partial charge in [-0.2, -0.15) is 0 Å². The van der Waals surface area contributed by atoms with E-state index in [1.54, 1.807) is 25.4 Å². The molecule has 3 rings (SSSR count). The fourth-order valence-electron chi connectivity index (χ4n) is 2.23. The van der Waals surface area contributed by atoms with Crippen LogP contribution in [0, 0.1) is 0 Å². The number of aromatic nitrogens is 1.